The van der Waals surface area contributed by atoms with E-state index in [9.17, 15) is 10.1 Å². The van der Waals surface area contributed by atoms with E-state index in [0.717, 1.165) is 10.0 Å². The molecule has 4 nitrogen and oxygen atoms in total. The molecule has 0 aromatic heterocycles. The van der Waals surface area contributed by atoms with Gasteiger partial charge in [0.15, 0.2) is 0 Å². The van der Waals surface area contributed by atoms with Crippen LogP contribution in [0.25, 0.3) is 0 Å². The lowest BCUT2D eigenvalue weighted by Gasteiger charge is -2.09. The third-order valence-corrected chi connectivity index (χ3v) is 4.16. The van der Waals surface area contributed by atoms with Gasteiger partial charge in [-0.15, -0.1) is 0 Å². The SMILES string of the molecule is O=[N+]([O-])c1cc(Cl)c(Cl)cc1NCc1ccccc1Br. The minimum absolute atomic E-state index is 0.105. The number of nitro groups is 1. The number of anilines is 1. The lowest BCUT2D eigenvalue weighted by atomic mass is 10.2. The van der Waals surface area contributed by atoms with Crippen LogP contribution in [0.5, 0.6) is 0 Å². The molecule has 0 unspecified atom stereocenters. The van der Waals surface area contributed by atoms with Crippen LogP contribution in [0.1, 0.15) is 5.56 Å². The monoisotopic (exact) mass is 374 g/mol. The Morgan fingerprint density at radius 3 is 2.50 bits per heavy atom. The smallest absolute Gasteiger partial charge is 0.293 e. The molecule has 0 aliphatic carbocycles. The number of benzene rings is 2. The van der Waals surface area contributed by atoms with Crippen molar-refractivity contribution in [3.63, 3.8) is 0 Å². The van der Waals surface area contributed by atoms with Crippen molar-refractivity contribution in [3.8, 4) is 0 Å². The van der Waals surface area contributed by atoms with Gasteiger partial charge >= 0.3 is 0 Å². The zero-order valence-corrected chi connectivity index (χ0v) is 13.2. The summed E-state index contributed by atoms with van der Waals surface area (Å²) in [6.45, 7) is 0.431. The van der Waals surface area contributed by atoms with Crippen molar-refractivity contribution in [3.05, 3.63) is 66.6 Å². The van der Waals surface area contributed by atoms with E-state index in [4.69, 9.17) is 23.2 Å². The van der Waals surface area contributed by atoms with Crippen LogP contribution >= 0.6 is 39.1 Å². The van der Waals surface area contributed by atoms with Gasteiger partial charge in [-0.1, -0.05) is 57.3 Å². The number of hydrogen-bond donors (Lipinski definition) is 1. The van der Waals surface area contributed by atoms with Gasteiger partial charge in [-0.25, -0.2) is 0 Å². The van der Waals surface area contributed by atoms with Crippen LogP contribution in [0, 0.1) is 10.1 Å². The molecule has 2 aromatic rings. The van der Waals surface area contributed by atoms with Crippen molar-refractivity contribution in [2.24, 2.45) is 0 Å². The van der Waals surface area contributed by atoms with Gasteiger partial charge in [0.1, 0.15) is 5.69 Å². The zero-order valence-electron chi connectivity index (χ0n) is 10.1. The highest BCUT2D eigenvalue weighted by atomic mass is 79.9. The quantitative estimate of drug-likeness (QED) is 0.584. The van der Waals surface area contributed by atoms with E-state index < -0.39 is 4.92 Å². The lowest BCUT2D eigenvalue weighted by molar-refractivity contribution is -0.383. The second-order valence-corrected chi connectivity index (χ2v) is 5.65. The maximum absolute atomic E-state index is 11.0. The lowest BCUT2D eigenvalue weighted by Crippen LogP contribution is -2.03. The van der Waals surface area contributed by atoms with Crippen LogP contribution in [0.3, 0.4) is 0 Å². The van der Waals surface area contributed by atoms with Gasteiger partial charge in [0.2, 0.25) is 0 Å². The largest absolute Gasteiger partial charge is 0.375 e. The standard InChI is InChI=1S/C13H9BrCl2N2O2/c14-9-4-2-1-3-8(9)7-17-12-5-10(15)11(16)6-13(12)18(19)20/h1-6,17H,7H2. The summed E-state index contributed by atoms with van der Waals surface area (Å²) in [5.41, 5.74) is 1.21. The average molecular weight is 376 g/mol. The molecule has 2 rings (SSSR count). The molecule has 1 N–H and O–H groups in total. The first-order valence-corrected chi connectivity index (χ1v) is 7.14. The second-order valence-electron chi connectivity index (χ2n) is 3.99. The van der Waals surface area contributed by atoms with Crippen LogP contribution in [0.15, 0.2) is 40.9 Å². The fourth-order valence-electron chi connectivity index (χ4n) is 1.66. The third kappa shape index (κ3) is 3.42. The number of nitrogens with zero attached hydrogens (tertiary/aromatic N) is 1. The van der Waals surface area contributed by atoms with Gasteiger partial charge < -0.3 is 5.32 Å². The van der Waals surface area contributed by atoms with Crippen LogP contribution in [0.2, 0.25) is 10.0 Å². The van der Waals surface area contributed by atoms with E-state index in [1.165, 1.54) is 12.1 Å². The van der Waals surface area contributed by atoms with Crippen molar-refractivity contribution >= 4 is 50.5 Å². The van der Waals surface area contributed by atoms with E-state index in [2.05, 4.69) is 21.2 Å². The zero-order chi connectivity index (χ0) is 14.7. The van der Waals surface area contributed by atoms with Crippen LogP contribution in [-0.4, -0.2) is 4.92 Å². The number of nitrogens with one attached hydrogen (secondary N) is 1. The summed E-state index contributed by atoms with van der Waals surface area (Å²) in [7, 11) is 0. The number of nitro benzene ring substituents is 1. The summed E-state index contributed by atoms with van der Waals surface area (Å²) >= 11 is 15.1. The molecular formula is C13H9BrCl2N2O2. The van der Waals surface area contributed by atoms with Gasteiger partial charge in [-0.2, -0.15) is 0 Å². The summed E-state index contributed by atoms with van der Waals surface area (Å²) in [6.07, 6.45) is 0. The number of hydrogen-bond acceptors (Lipinski definition) is 3. The molecule has 0 radical (unpaired) electrons. The van der Waals surface area contributed by atoms with E-state index in [-0.39, 0.29) is 15.7 Å². The Labute approximate surface area is 134 Å². The van der Waals surface area contributed by atoms with Gasteiger partial charge in [0, 0.05) is 17.1 Å². The van der Waals surface area contributed by atoms with Gasteiger partial charge in [-0.05, 0) is 17.7 Å². The Bertz CT molecular complexity index is 665. The summed E-state index contributed by atoms with van der Waals surface area (Å²) in [6, 6.07) is 10.3. The molecule has 0 heterocycles. The Morgan fingerprint density at radius 1 is 1.20 bits per heavy atom. The summed E-state index contributed by atoms with van der Waals surface area (Å²) in [4.78, 5) is 10.5. The first-order chi connectivity index (χ1) is 9.49. The Kier molecular flexibility index (Phi) is 4.86. The van der Waals surface area contributed by atoms with Crippen molar-refractivity contribution in [2.45, 2.75) is 6.54 Å². The van der Waals surface area contributed by atoms with Crippen molar-refractivity contribution in [1.29, 1.82) is 0 Å². The molecule has 7 heteroatoms. The predicted octanol–water partition coefficient (Wildman–Crippen LogP) is 5.28. The minimum Gasteiger partial charge on any atom is -0.375 e. The molecule has 0 fully saturated rings. The Hall–Kier alpha value is -1.30. The van der Waals surface area contributed by atoms with E-state index >= 15 is 0 Å². The molecular weight excluding hydrogens is 367 g/mol. The molecule has 0 aliphatic rings. The number of halogens is 3. The van der Waals surface area contributed by atoms with Crippen LogP contribution in [0.4, 0.5) is 11.4 Å². The molecule has 0 saturated carbocycles. The molecule has 0 spiro atoms. The topological polar surface area (TPSA) is 55.2 Å². The maximum atomic E-state index is 11.0. The molecule has 104 valence electrons. The first kappa shape index (κ1) is 15.1. The highest BCUT2D eigenvalue weighted by Crippen LogP contribution is 2.34. The molecule has 0 saturated heterocycles. The fourth-order valence-corrected chi connectivity index (χ4v) is 2.41. The predicted molar refractivity (Wildman–Crippen MR) is 84.6 cm³/mol. The minimum atomic E-state index is -0.495. The molecule has 0 bridgehead atoms. The summed E-state index contributed by atoms with van der Waals surface area (Å²) in [5.74, 6) is 0. The first-order valence-electron chi connectivity index (χ1n) is 5.59. The van der Waals surface area contributed by atoms with E-state index in [0.29, 0.717) is 12.2 Å². The molecule has 0 amide bonds. The summed E-state index contributed by atoms with van der Waals surface area (Å²) < 4.78 is 0.926. The van der Waals surface area contributed by atoms with Crippen LogP contribution < -0.4 is 5.32 Å². The van der Waals surface area contributed by atoms with Gasteiger partial charge in [0.05, 0.1) is 15.0 Å². The molecule has 0 aliphatic heterocycles. The van der Waals surface area contributed by atoms with Crippen molar-refractivity contribution in [1.82, 2.24) is 0 Å². The maximum Gasteiger partial charge on any atom is 0.293 e. The van der Waals surface area contributed by atoms with E-state index in [1.807, 2.05) is 24.3 Å². The third-order valence-electron chi connectivity index (χ3n) is 2.66. The Balaban J connectivity index is 2.27. The average Bonchev–Trinajstić information content (AvgIpc) is 2.41. The Morgan fingerprint density at radius 2 is 1.85 bits per heavy atom. The molecule has 0 atom stereocenters. The second kappa shape index (κ2) is 6.43. The summed E-state index contributed by atoms with van der Waals surface area (Å²) in [5, 5.41) is 14.5. The van der Waals surface area contributed by atoms with Crippen molar-refractivity contribution < 1.29 is 4.92 Å². The van der Waals surface area contributed by atoms with E-state index in [1.54, 1.807) is 0 Å². The normalized spacial score (nSPS) is 10.3. The van der Waals surface area contributed by atoms with Gasteiger partial charge in [-0.3, -0.25) is 10.1 Å². The molecule has 20 heavy (non-hydrogen) atoms. The van der Waals surface area contributed by atoms with Crippen LogP contribution in [-0.2, 0) is 6.54 Å². The highest BCUT2D eigenvalue weighted by Gasteiger charge is 2.17. The number of rotatable bonds is 4. The fraction of sp³-hybridized carbons (Fsp3) is 0.0769. The molecule has 2 aromatic carbocycles. The van der Waals surface area contributed by atoms with Gasteiger partial charge in [0.25, 0.3) is 5.69 Å². The highest BCUT2D eigenvalue weighted by molar-refractivity contribution is 9.10. The van der Waals surface area contributed by atoms with Crippen molar-refractivity contribution in [2.75, 3.05) is 5.32 Å².